The summed E-state index contributed by atoms with van der Waals surface area (Å²) in [5, 5.41) is 5.74. The molecule has 1 aliphatic heterocycles. The van der Waals surface area contributed by atoms with Gasteiger partial charge >= 0.3 is 0 Å². The van der Waals surface area contributed by atoms with E-state index in [4.69, 9.17) is 11.6 Å². The van der Waals surface area contributed by atoms with Crippen molar-refractivity contribution in [2.45, 2.75) is 25.4 Å². The van der Waals surface area contributed by atoms with E-state index in [0.29, 0.717) is 24.4 Å². The summed E-state index contributed by atoms with van der Waals surface area (Å²) in [5.41, 5.74) is 0. The molecule has 1 aliphatic rings. The van der Waals surface area contributed by atoms with Crippen molar-refractivity contribution in [1.82, 2.24) is 10.2 Å². The number of thiophene rings is 1. The normalized spacial score (nSPS) is 21.1. The molecule has 0 aliphatic carbocycles. The Kier molecular flexibility index (Phi) is 3.81. The van der Waals surface area contributed by atoms with Crippen LogP contribution in [0.3, 0.4) is 0 Å². The van der Waals surface area contributed by atoms with Gasteiger partial charge in [0.15, 0.2) is 0 Å². The summed E-state index contributed by atoms with van der Waals surface area (Å²) >= 11 is 7.37. The number of nitrogens with zero attached hydrogens (tertiary/aromatic N) is 1. The van der Waals surface area contributed by atoms with Crippen molar-refractivity contribution in [2.24, 2.45) is 0 Å². The number of carbonyl (C=O) groups excluding carboxylic acids is 2. The molecule has 1 unspecified atom stereocenters. The average Bonchev–Trinajstić information content (AvgIpc) is 2.71. The van der Waals surface area contributed by atoms with Gasteiger partial charge in [0.2, 0.25) is 11.8 Å². The van der Waals surface area contributed by atoms with Gasteiger partial charge in [-0.1, -0.05) is 11.6 Å². The van der Waals surface area contributed by atoms with Crippen LogP contribution in [0.15, 0.2) is 11.4 Å². The number of carbonyl (C=O) groups is 2. The number of piperidine rings is 1. The van der Waals surface area contributed by atoms with Gasteiger partial charge in [0, 0.05) is 30.3 Å². The lowest BCUT2D eigenvalue weighted by Crippen LogP contribution is -2.51. The molecular weight excluding hydrogens is 260 g/mol. The first-order chi connectivity index (χ1) is 8.08. The van der Waals surface area contributed by atoms with Gasteiger partial charge in [0.25, 0.3) is 0 Å². The molecule has 1 aromatic heterocycles. The Labute approximate surface area is 109 Å². The van der Waals surface area contributed by atoms with Crippen molar-refractivity contribution < 1.29 is 9.59 Å². The second kappa shape index (κ2) is 5.16. The third-order valence-electron chi connectivity index (χ3n) is 2.79. The predicted molar refractivity (Wildman–Crippen MR) is 67.0 cm³/mol. The van der Waals surface area contributed by atoms with Gasteiger partial charge in [-0.3, -0.25) is 14.5 Å². The van der Waals surface area contributed by atoms with Crippen LogP contribution in [0.4, 0.5) is 0 Å². The Morgan fingerprint density at radius 3 is 3.00 bits per heavy atom. The minimum Gasteiger partial charge on any atom is -0.301 e. The molecule has 1 aromatic rings. The number of likely N-dealkylation sites (N-methyl/N-ethyl adjacent to an activating group) is 1. The van der Waals surface area contributed by atoms with Crippen LogP contribution in [0, 0.1) is 0 Å². The third kappa shape index (κ3) is 2.86. The van der Waals surface area contributed by atoms with Gasteiger partial charge in [0.1, 0.15) is 0 Å². The maximum atomic E-state index is 11.8. The van der Waals surface area contributed by atoms with Crippen molar-refractivity contribution in [2.75, 3.05) is 7.05 Å². The van der Waals surface area contributed by atoms with E-state index in [1.807, 2.05) is 11.4 Å². The van der Waals surface area contributed by atoms with E-state index in [-0.39, 0.29) is 17.9 Å². The molecule has 17 heavy (non-hydrogen) atoms. The third-order valence-corrected chi connectivity index (χ3v) is 4.08. The summed E-state index contributed by atoms with van der Waals surface area (Å²) < 4.78 is 0. The second-order valence-corrected chi connectivity index (χ2v) is 5.43. The van der Waals surface area contributed by atoms with Crippen LogP contribution >= 0.6 is 22.9 Å². The zero-order chi connectivity index (χ0) is 12.4. The van der Waals surface area contributed by atoms with Gasteiger partial charge in [-0.2, -0.15) is 0 Å². The van der Waals surface area contributed by atoms with Gasteiger partial charge in [0.05, 0.1) is 11.1 Å². The number of hydrogen-bond donors (Lipinski definition) is 1. The van der Waals surface area contributed by atoms with E-state index >= 15 is 0 Å². The molecule has 1 atom stereocenters. The summed E-state index contributed by atoms with van der Waals surface area (Å²) in [6, 6.07) is 1.61. The number of likely N-dealkylation sites (tertiary alicyclic amines) is 1. The zero-order valence-corrected chi connectivity index (χ0v) is 11.0. The highest BCUT2D eigenvalue weighted by Crippen LogP contribution is 2.19. The summed E-state index contributed by atoms with van der Waals surface area (Å²) in [5.74, 6) is -0.254. The van der Waals surface area contributed by atoms with Gasteiger partial charge in [-0.15, -0.1) is 11.3 Å². The van der Waals surface area contributed by atoms with Crippen molar-refractivity contribution >= 4 is 34.8 Å². The molecule has 1 fully saturated rings. The molecular formula is C11H13ClN2O2S. The van der Waals surface area contributed by atoms with E-state index in [2.05, 4.69) is 5.32 Å². The Balaban J connectivity index is 1.91. The van der Waals surface area contributed by atoms with E-state index in [1.165, 1.54) is 11.9 Å². The highest BCUT2D eigenvalue weighted by Gasteiger charge is 2.31. The molecule has 4 nitrogen and oxygen atoms in total. The number of hydrogen-bond acceptors (Lipinski definition) is 4. The van der Waals surface area contributed by atoms with E-state index < -0.39 is 0 Å². The first kappa shape index (κ1) is 12.5. The molecule has 2 amide bonds. The zero-order valence-electron chi connectivity index (χ0n) is 9.40. The monoisotopic (exact) mass is 272 g/mol. The quantitative estimate of drug-likeness (QED) is 0.851. The lowest BCUT2D eigenvalue weighted by Gasteiger charge is -2.28. The molecule has 6 heteroatoms. The van der Waals surface area contributed by atoms with E-state index in [0.717, 1.165) is 4.88 Å². The Bertz CT molecular complexity index is 446. The van der Waals surface area contributed by atoms with Crippen LogP contribution in [0.1, 0.15) is 17.7 Å². The molecule has 2 rings (SSSR count). The predicted octanol–water partition coefficient (Wildman–Crippen LogP) is 1.64. The lowest BCUT2D eigenvalue weighted by atomic mass is 10.0. The first-order valence-electron chi connectivity index (χ1n) is 5.34. The number of nitrogens with one attached hydrogen (secondary N) is 1. The molecule has 0 aromatic carbocycles. The molecule has 1 N–H and O–H groups in total. The molecule has 1 saturated heterocycles. The minimum absolute atomic E-state index is 0.104. The van der Waals surface area contributed by atoms with Crippen molar-refractivity contribution in [3.63, 3.8) is 0 Å². The summed E-state index contributed by atoms with van der Waals surface area (Å²) in [6.45, 7) is 0.607. The van der Waals surface area contributed by atoms with Crippen molar-refractivity contribution in [3.8, 4) is 0 Å². The molecule has 0 bridgehead atoms. The van der Waals surface area contributed by atoms with E-state index in [9.17, 15) is 9.59 Å². The minimum atomic E-state index is -0.265. The SMILES string of the molecule is CN1C(=O)CCC(NCc2cc(Cl)cs2)C1=O. The fraction of sp³-hybridized carbons (Fsp3) is 0.455. The highest BCUT2D eigenvalue weighted by molar-refractivity contribution is 7.10. The van der Waals surface area contributed by atoms with Crippen molar-refractivity contribution in [1.29, 1.82) is 0 Å². The number of imide groups is 1. The highest BCUT2D eigenvalue weighted by atomic mass is 35.5. The smallest absolute Gasteiger partial charge is 0.246 e. The Morgan fingerprint density at radius 2 is 2.35 bits per heavy atom. The van der Waals surface area contributed by atoms with Gasteiger partial charge < -0.3 is 5.32 Å². The summed E-state index contributed by atoms with van der Waals surface area (Å²) in [4.78, 5) is 25.4. The topological polar surface area (TPSA) is 49.4 Å². The average molecular weight is 273 g/mol. The van der Waals surface area contributed by atoms with Crippen molar-refractivity contribution in [3.05, 3.63) is 21.3 Å². The number of rotatable bonds is 3. The lowest BCUT2D eigenvalue weighted by molar-refractivity contribution is -0.148. The van der Waals surface area contributed by atoms with Crippen LogP contribution < -0.4 is 5.32 Å². The molecule has 92 valence electrons. The standard InChI is InChI=1S/C11H13ClN2O2S/c1-14-10(15)3-2-9(11(14)16)13-5-8-4-7(12)6-17-8/h4,6,9,13H,2-3,5H2,1H3. The fourth-order valence-corrected chi connectivity index (χ4v) is 2.80. The van der Waals surface area contributed by atoms with Crippen LogP contribution in [0.2, 0.25) is 5.02 Å². The van der Waals surface area contributed by atoms with Crippen LogP contribution in [-0.4, -0.2) is 29.8 Å². The van der Waals surface area contributed by atoms with Gasteiger partial charge in [-0.25, -0.2) is 0 Å². The summed E-state index contributed by atoms with van der Waals surface area (Å²) in [6.07, 6.45) is 0.992. The number of amides is 2. The molecule has 0 saturated carbocycles. The van der Waals surface area contributed by atoms with E-state index in [1.54, 1.807) is 11.3 Å². The van der Waals surface area contributed by atoms with Crippen LogP contribution in [0.5, 0.6) is 0 Å². The number of halogens is 1. The largest absolute Gasteiger partial charge is 0.301 e. The first-order valence-corrected chi connectivity index (χ1v) is 6.60. The molecule has 0 radical (unpaired) electrons. The maximum Gasteiger partial charge on any atom is 0.246 e. The molecule has 0 spiro atoms. The molecule has 2 heterocycles. The maximum absolute atomic E-state index is 11.8. The fourth-order valence-electron chi connectivity index (χ4n) is 1.78. The Hall–Kier alpha value is -0.910. The Morgan fingerprint density at radius 1 is 1.59 bits per heavy atom. The second-order valence-electron chi connectivity index (χ2n) is 3.99. The van der Waals surface area contributed by atoms with Crippen LogP contribution in [0.25, 0.3) is 0 Å². The summed E-state index contributed by atoms with van der Waals surface area (Å²) in [7, 11) is 1.53. The van der Waals surface area contributed by atoms with Gasteiger partial charge in [-0.05, 0) is 12.5 Å². The van der Waals surface area contributed by atoms with Crippen LogP contribution in [-0.2, 0) is 16.1 Å².